The standard InChI is InChI=1S/C23H30ClF3N4O3.O2S/c1-5-31-21(17-9-7-15(10-18(17)33-4)29-14(3)23(25,26)27)19(24)20(30-31)22(32)28-11-16-8-6-13(2)12-34-16;1-3-2/h7,9-10,13-14,16,29H,5-6,8,11-12H2,1-4H3,(H,28,32);/t13-,14+,16-;/m0./s1. The summed E-state index contributed by atoms with van der Waals surface area (Å²) in [7, 11) is 1.41. The molecule has 3 atom stereocenters. The molecule has 2 N–H and O–H groups in total. The molecule has 3 rings (SSSR count). The maximum absolute atomic E-state index is 12.9. The van der Waals surface area contributed by atoms with E-state index in [0.29, 0.717) is 42.6 Å². The lowest BCUT2D eigenvalue weighted by Gasteiger charge is -2.26. The van der Waals surface area contributed by atoms with Crippen LogP contribution in [0.5, 0.6) is 5.75 Å². The van der Waals surface area contributed by atoms with Crippen LogP contribution in [-0.2, 0) is 22.9 Å². The second kappa shape index (κ2) is 13.8. The lowest BCUT2D eigenvalue weighted by molar-refractivity contribution is -0.138. The van der Waals surface area contributed by atoms with E-state index < -0.39 is 29.7 Å². The summed E-state index contributed by atoms with van der Waals surface area (Å²) in [5, 5.41) is 9.77. The molecule has 0 aliphatic carbocycles. The minimum atomic E-state index is -4.39. The number of amides is 1. The number of carbonyl (C=O) groups excluding carboxylic acids is 1. The molecule has 14 heteroatoms. The monoisotopic (exact) mass is 566 g/mol. The molecular weight excluding hydrogens is 537 g/mol. The van der Waals surface area contributed by atoms with E-state index in [1.807, 2.05) is 6.92 Å². The number of benzene rings is 1. The number of ether oxygens (including phenoxy) is 2. The molecule has 9 nitrogen and oxygen atoms in total. The summed E-state index contributed by atoms with van der Waals surface area (Å²) >= 11 is 5.85. The van der Waals surface area contributed by atoms with Gasteiger partial charge < -0.3 is 20.1 Å². The fraction of sp³-hybridized carbons (Fsp3) is 0.565. The Balaban J connectivity index is 0.00000153. The summed E-state index contributed by atoms with van der Waals surface area (Å²) in [5.41, 5.74) is 1.27. The van der Waals surface area contributed by atoms with E-state index in [1.54, 1.807) is 10.7 Å². The van der Waals surface area contributed by atoms with E-state index in [1.165, 1.54) is 19.2 Å². The number of nitrogens with zero attached hydrogens (tertiary/aromatic N) is 2. The summed E-state index contributed by atoms with van der Waals surface area (Å²) < 4.78 is 68.1. The summed E-state index contributed by atoms with van der Waals surface area (Å²) in [4.78, 5) is 12.8. The highest BCUT2D eigenvalue weighted by molar-refractivity contribution is 7.51. The topological polar surface area (TPSA) is 112 Å². The molecule has 0 radical (unpaired) electrons. The van der Waals surface area contributed by atoms with E-state index in [9.17, 15) is 18.0 Å². The van der Waals surface area contributed by atoms with Gasteiger partial charge in [0.05, 0.1) is 23.9 Å². The van der Waals surface area contributed by atoms with Crippen LogP contribution in [0.3, 0.4) is 0 Å². The lowest BCUT2D eigenvalue weighted by atomic mass is 10.0. The Kier molecular flexibility index (Phi) is 11.4. The highest BCUT2D eigenvalue weighted by Crippen LogP contribution is 2.38. The van der Waals surface area contributed by atoms with E-state index in [-0.39, 0.29) is 22.5 Å². The number of aryl methyl sites for hydroxylation is 1. The van der Waals surface area contributed by atoms with Crippen LogP contribution in [0.15, 0.2) is 18.2 Å². The summed E-state index contributed by atoms with van der Waals surface area (Å²) in [6, 6.07) is 2.82. The molecule has 1 fully saturated rings. The first-order valence-electron chi connectivity index (χ1n) is 11.6. The number of carbonyl (C=O) groups is 1. The molecule has 206 valence electrons. The SMILES string of the molecule is CCn1nc(C(=O)NC[C@@H]2CC[C@H](C)CO2)c(Cl)c1-c1ccc(N[C@H](C)C(F)(F)F)cc1OC.O=S=O. The smallest absolute Gasteiger partial charge is 0.408 e. The van der Waals surface area contributed by atoms with Crippen LogP contribution in [0.1, 0.15) is 44.1 Å². The second-order valence-corrected chi connectivity index (χ2v) is 9.08. The van der Waals surface area contributed by atoms with Crippen molar-refractivity contribution in [1.29, 1.82) is 0 Å². The van der Waals surface area contributed by atoms with Gasteiger partial charge in [0.1, 0.15) is 11.8 Å². The number of methoxy groups -OCH3 is 1. The lowest BCUT2D eigenvalue weighted by Crippen LogP contribution is -2.37. The maximum Gasteiger partial charge on any atom is 0.408 e. The first-order valence-corrected chi connectivity index (χ1v) is 12.6. The molecule has 0 saturated carbocycles. The Morgan fingerprint density at radius 1 is 1.35 bits per heavy atom. The molecule has 2 aromatic rings. The molecule has 37 heavy (non-hydrogen) atoms. The largest absolute Gasteiger partial charge is 0.496 e. The zero-order valence-corrected chi connectivity index (χ0v) is 22.4. The Hall–Kier alpha value is -2.64. The molecule has 0 unspecified atom stereocenters. The third-order valence-electron chi connectivity index (χ3n) is 5.83. The van der Waals surface area contributed by atoms with Gasteiger partial charge in [0.2, 0.25) is 0 Å². The van der Waals surface area contributed by atoms with E-state index in [4.69, 9.17) is 29.5 Å². The summed E-state index contributed by atoms with van der Waals surface area (Å²) in [5.74, 6) is 0.391. The van der Waals surface area contributed by atoms with Crippen LogP contribution in [0.4, 0.5) is 18.9 Å². The Morgan fingerprint density at radius 2 is 2.03 bits per heavy atom. The molecule has 1 aliphatic heterocycles. The third-order valence-corrected chi connectivity index (χ3v) is 6.19. The molecule has 1 aromatic heterocycles. The van der Waals surface area contributed by atoms with Crippen molar-refractivity contribution in [2.45, 2.75) is 58.5 Å². The van der Waals surface area contributed by atoms with Gasteiger partial charge in [-0.05, 0) is 44.7 Å². The minimum absolute atomic E-state index is 0.0501. The quantitative estimate of drug-likeness (QED) is 0.485. The van der Waals surface area contributed by atoms with Gasteiger partial charge >= 0.3 is 17.7 Å². The number of hydrogen-bond acceptors (Lipinski definition) is 7. The average molecular weight is 567 g/mol. The van der Waals surface area contributed by atoms with Crippen LogP contribution in [0, 0.1) is 5.92 Å². The fourth-order valence-corrected chi connectivity index (χ4v) is 4.09. The summed E-state index contributed by atoms with van der Waals surface area (Å²) in [6.45, 7) is 6.45. The zero-order chi connectivity index (χ0) is 27.8. The van der Waals surface area contributed by atoms with Crippen molar-refractivity contribution in [3.8, 4) is 17.0 Å². The predicted molar refractivity (Wildman–Crippen MR) is 133 cm³/mol. The zero-order valence-electron chi connectivity index (χ0n) is 20.9. The average Bonchev–Trinajstić information content (AvgIpc) is 3.19. The maximum atomic E-state index is 12.9. The van der Waals surface area contributed by atoms with Crippen LogP contribution in [-0.4, -0.2) is 62.7 Å². The molecule has 0 bridgehead atoms. The molecule has 1 saturated heterocycles. The highest BCUT2D eigenvalue weighted by Gasteiger charge is 2.36. The number of hydrogen-bond donors (Lipinski definition) is 2. The van der Waals surface area contributed by atoms with Crippen molar-refractivity contribution in [2.75, 3.05) is 25.6 Å². The van der Waals surface area contributed by atoms with Crippen molar-refractivity contribution < 1.29 is 35.9 Å². The molecule has 0 spiro atoms. The van der Waals surface area contributed by atoms with Gasteiger partial charge in [-0.15, -0.1) is 0 Å². The fourth-order valence-electron chi connectivity index (χ4n) is 3.77. The van der Waals surface area contributed by atoms with Crippen molar-refractivity contribution in [1.82, 2.24) is 15.1 Å². The number of rotatable bonds is 8. The minimum Gasteiger partial charge on any atom is -0.496 e. The Bertz CT molecular complexity index is 1100. The normalized spacial score (nSPS) is 18.3. The van der Waals surface area contributed by atoms with Crippen LogP contribution >= 0.6 is 11.6 Å². The Labute approximate surface area is 221 Å². The van der Waals surface area contributed by atoms with Gasteiger partial charge in [-0.2, -0.15) is 26.7 Å². The predicted octanol–water partition coefficient (Wildman–Crippen LogP) is 4.47. The first-order chi connectivity index (χ1) is 17.5. The van der Waals surface area contributed by atoms with Gasteiger partial charge in [-0.25, -0.2) is 0 Å². The van der Waals surface area contributed by atoms with E-state index in [0.717, 1.165) is 19.8 Å². The second-order valence-electron chi connectivity index (χ2n) is 8.57. The molecule has 1 aromatic carbocycles. The van der Waals surface area contributed by atoms with Gasteiger partial charge in [0.15, 0.2) is 5.69 Å². The summed E-state index contributed by atoms with van der Waals surface area (Å²) in [6.07, 6.45) is -2.53. The van der Waals surface area contributed by atoms with E-state index in [2.05, 4.69) is 22.7 Å². The van der Waals surface area contributed by atoms with Gasteiger partial charge in [-0.1, -0.05) is 18.5 Å². The van der Waals surface area contributed by atoms with Gasteiger partial charge in [-0.3, -0.25) is 9.48 Å². The molecule has 1 amide bonds. The van der Waals surface area contributed by atoms with Gasteiger partial charge in [0, 0.05) is 37.0 Å². The molecule has 1 aliphatic rings. The molecular formula is C23H30ClF3N4O5S. The Morgan fingerprint density at radius 3 is 2.57 bits per heavy atom. The van der Waals surface area contributed by atoms with Crippen molar-refractivity contribution in [3.63, 3.8) is 0 Å². The number of nitrogens with one attached hydrogen (secondary N) is 2. The first kappa shape index (κ1) is 30.6. The number of alkyl halides is 3. The van der Waals surface area contributed by atoms with Crippen molar-refractivity contribution in [3.05, 3.63) is 28.9 Å². The van der Waals surface area contributed by atoms with Crippen molar-refractivity contribution in [2.24, 2.45) is 5.92 Å². The highest BCUT2D eigenvalue weighted by atomic mass is 35.5. The molecule has 2 heterocycles. The number of anilines is 1. The van der Waals surface area contributed by atoms with Crippen LogP contribution in [0.2, 0.25) is 5.02 Å². The van der Waals surface area contributed by atoms with Gasteiger partial charge in [0.25, 0.3) is 5.91 Å². The van der Waals surface area contributed by atoms with E-state index >= 15 is 0 Å². The van der Waals surface area contributed by atoms with Crippen molar-refractivity contribution >= 4 is 34.8 Å². The number of aromatic nitrogens is 2. The number of halogens is 4. The third kappa shape index (κ3) is 8.17. The van der Waals surface area contributed by atoms with Crippen LogP contribution < -0.4 is 15.4 Å². The van der Waals surface area contributed by atoms with Crippen LogP contribution in [0.25, 0.3) is 11.3 Å².